The summed E-state index contributed by atoms with van der Waals surface area (Å²) in [4.78, 5) is 0. The Hall–Kier alpha value is -0.130. The molecule has 0 N–H and O–H groups in total. The quantitative estimate of drug-likeness (QED) is 0.335. The van der Waals surface area contributed by atoms with Gasteiger partial charge in [0.15, 0.2) is 0 Å². The average molecular weight is 75.7 g/mol. The van der Waals surface area contributed by atoms with Crippen molar-refractivity contribution in [3.8, 4) is 0 Å². The second kappa shape index (κ2) is 3.08. The minimum Gasteiger partial charge on any atom is -0.101 e. The van der Waals surface area contributed by atoms with Crippen LogP contribution in [0, 0.1) is 0 Å². The molecule has 2 heteroatoms. The van der Waals surface area contributed by atoms with Gasteiger partial charge in [-0.2, -0.15) is 0 Å². The second-order valence-corrected chi connectivity index (χ2v) is 1.16. The number of hydrogen-bond acceptors (Lipinski definition) is 0. The van der Waals surface area contributed by atoms with E-state index in [1.807, 2.05) is 0 Å². The van der Waals surface area contributed by atoms with Gasteiger partial charge < -0.3 is 0 Å². The molecule has 0 bridgehead atoms. The fourth-order valence-corrected chi connectivity index (χ4v) is 0.0833. The molecule has 0 saturated carbocycles. The SMILES string of the molecule is [B]CC(=C)C[B]. The predicted octanol–water partition coefficient (Wildman–Crippen LogP) is 0.716. The maximum Gasteiger partial charge on any atom is 0.0711 e. The molecule has 0 aliphatic rings. The van der Waals surface area contributed by atoms with Gasteiger partial charge in [0.25, 0.3) is 0 Å². The first kappa shape index (κ1) is 5.87. The minimum atomic E-state index is 0.510. The lowest BCUT2D eigenvalue weighted by atomic mass is 9.88. The van der Waals surface area contributed by atoms with E-state index < -0.39 is 0 Å². The fourth-order valence-electron chi connectivity index (χ4n) is 0.0833. The normalized spacial score (nSPS) is 8.00. The summed E-state index contributed by atoms with van der Waals surface area (Å²) < 4.78 is 0. The molecule has 0 rings (SSSR count). The zero-order valence-electron chi connectivity index (χ0n) is 3.78. The molecule has 0 aromatic rings. The summed E-state index contributed by atoms with van der Waals surface area (Å²) in [5.41, 5.74) is 0.898. The Morgan fingerprint density at radius 1 is 1.33 bits per heavy atom. The van der Waals surface area contributed by atoms with Gasteiger partial charge in [-0.3, -0.25) is 0 Å². The highest BCUT2D eigenvalue weighted by Crippen LogP contribution is 1.96. The first-order valence-electron chi connectivity index (χ1n) is 1.88. The summed E-state index contributed by atoms with van der Waals surface area (Å²) >= 11 is 0. The second-order valence-electron chi connectivity index (χ2n) is 1.16. The van der Waals surface area contributed by atoms with Gasteiger partial charge in [0, 0.05) is 0 Å². The fraction of sp³-hybridized carbons (Fsp3) is 0.500. The van der Waals surface area contributed by atoms with E-state index in [0.29, 0.717) is 12.6 Å². The molecule has 0 unspecified atom stereocenters. The van der Waals surface area contributed by atoms with Gasteiger partial charge in [0.2, 0.25) is 0 Å². The van der Waals surface area contributed by atoms with E-state index in [4.69, 9.17) is 15.7 Å². The lowest BCUT2D eigenvalue weighted by molar-refractivity contribution is 1.40. The number of hydrogen-bond donors (Lipinski definition) is 0. The maximum atomic E-state index is 5.10. The van der Waals surface area contributed by atoms with E-state index in [1.54, 1.807) is 0 Å². The molecule has 4 radical (unpaired) electrons. The topological polar surface area (TPSA) is 0 Å². The van der Waals surface area contributed by atoms with E-state index in [-0.39, 0.29) is 0 Å². The van der Waals surface area contributed by atoms with Gasteiger partial charge in [0.05, 0.1) is 15.7 Å². The van der Waals surface area contributed by atoms with Crippen molar-refractivity contribution in [2.45, 2.75) is 12.6 Å². The van der Waals surface area contributed by atoms with Crippen molar-refractivity contribution in [3.05, 3.63) is 12.2 Å². The summed E-state index contributed by atoms with van der Waals surface area (Å²) in [6.07, 6.45) is 1.02. The zero-order chi connectivity index (χ0) is 4.99. The molecule has 0 aliphatic heterocycles. The van der Waals surface area contributed by atoms with E-state index in [9.17, 15) is 0 Å². The van der Waals surface area contributed by atoms with Crippen LogP contribution in [0.3, 0.4) is 0 Å². The van der Waals surface area contributed by atoms with Crippen LogP contribution in [0.4, 0.5) is 0 Å². The molecule has 0 aliphatic carbocycles. The molecule has 0 aromatic carbocycles. The zero-order valence-corrected chi connectivity index (χ0v) is 3.78. The summed E-state index contributed by atoms with van der Waals surface area (Å²) in [6.45, 7) is 3.54. The Morgan fingerprint density at radius 3 is 1.67 bits per heavy atom. The molecule has 0 atom stereocenters. The molecule has 6 heavy (non-hydrogen) atoms. The monoisotopic (exact) mass is 76.1 g/mol. The van der Waals surface area contributed by atoms with E-state index in [1.165, 1.54) is 0 Å². The van der Waals surface area contributed by atoms with Crippen LogP contribution in [0.15, 0.2) is 12.2 Å². The van der Waals surface area contributed by atoms with Gasteiger partial charge in [-0.05, 0) is 0 Å². The molecule has 0 heterocycles. The molecular formula is C4H6B2. The first-order chi connectivity index (χ1) is 2.81. The van der Waals surface area contributed by atoms with E-state index in [2.05, 4.69) is 6.58 Å². The van der Waals surface area contributed by atoms with Gasteiger partial charge in [-0.1, -0.05) is 18.2 Å². The average Bonchev–Trinajstić information content (AvgIpc) is 1.65. The van der Waals surface area contributed by atoms with Crippen molar-refractivity contribution >= 4 is 15.7 Å². The Kier molecular flexibility index (Phi) is 3.01. The first-order valence-corrected chi connectivity index (χ1v) is 1.88. The van der Waals surface area contributed by atoms with Gasteiger partial charge in [-0.15, -0.1) is 6.58 Å². The minimum absolute atomic E-state index is 0.510. The van der Waals surface area contributed by atoms with Gasteiger partial charge in [0.1, 0.15) is 0 Å². The Morgan fingerprint density at radius 2 is 1.67 bits per heavy atom. The third-order valence-corrected chi connectivity index (χ3v) is 0.577. The van der Waals surface area contributed by atoms with Crippen LogP contribution in [-0.2, 0) is 0 Å². The predicted molar refractivity (Wildman–Crippen MR) is 30.3 cm³/mol. The van der Waals surface area contributed by atoms with Crippen molar-refractivity contribution in [3.63, 3.8) is 0 Å². The number of allylic oxidation sites excluding steroid dienone is 1. The van der Waals surface area contributed by atoms with Crippen LogP contribution < -0.4 is 0 Å². The molecule has 0 aromatic heterocycles. The van der Waals surface area contributed by atoms with Gasteiger partial charge >= 0.3 is 0 Å². The molecule has 0 spiro atoms. The molecule has 0 nitrogen and oxygen atoms in total. The van der Waals surface area contributed by atoms with Crippen LogP contribution >= 0.6 is 0 Å². The maximum absolute atomic E-state index is 5.10. The van der Waals surface area contributed by atoms with Crippen LogP contribution in [0.2, 0.25) is 12.6 Å². The van der Waals surface area contributed by atoms with Crippen molar-refractivity contribution in [1.82, 2.24) is 0 Å². The Bertz CT molecular complexity index is 43.5. The molecule has 0 saturated heterocycles. The Balaban J connectivity index is 2.99. The summed E-state index contributed by atoms with van der Waals surface area (Å²) in [6, 6.07) is 0. The molecule has 28 valence electrons. The smallest absolute Gasteiger partial charge is 0.0711 e. The van der Waals surface area contributed by atoms with Gasteiger partial charge in [-0.25, -0.2) is 0 Å². The Labute approximate surface area is 41.4 Å². The summed E-state index contributed by atoms with van der Waals surface area (Å²) in [5.74, 6) is 0. The lowest BCUT2D eigenvalue weighted by Gasteiger charge is -1.89. The van der Waals surface area contributed by atoms with Crippen molar-refractivity contribution < 1.29 is 0 Å². The van der Waals surface area contributed by atoms with Crippen LogP contribution in [0.5, 0.6) is 0 Å². The van der Waals surface area contributed by atoms with Crippen molar-refractivity contribution in [2.24, 2.45) is 0 Å². The van der Waals surface area contributed by atoms with E-state index >= 15 is 0 Å². The third-order valence-electron chi connectivity index (χ3n) is 0.577. The highest BCUT2D eigenvalue weighted by atomic mass is 13.7. The van der Waals surface area contributed by atoms with Crippen LogP contribution in [-0.4, -0.2) is 15.7 Å². The lowest BCUT2D eigenvalue weighted by Crippen LogP contribution is -1.74. The highest BCUT2D eigenvalue weighted by molar-refractivity contribution is 6.14. The highest BCUT2D eigenvalue weighted by Gasteiger charge is 1.77. The molecule has 0 fully saturated rings. The summed E-state index contributed by atoms with van der Waals surface area (Å²) in [5, 5.41) is 0. The third kappa shape index (κ3) is 2.13. The van der Waals surface area contributed by atoms with Crippen molar-refractivity contribution in [2.75, 3.05) is 0 Å². The number of rotatable bonds is 2. The standard InChI is InChI=1S/C4H6B2/c1-4(2-5)3-6/h1-3H2. The van der Waals surface area contributed by atoms with E-state index in [0.717, 1.165) is 5.57 Å². The van der Waals surface area contributed by atoms with Crippen LogP contribution in [0.1, 0.15) is 0 Å². The summed E-state index contributed by atoms with van der Waals surface area (Å²) in [7, 11) is 10.2. The molecular weight excluding hydrogens is 69.7 g/mol. The largest absolute Gasteiger partial charge is 0.101 e. The molecule has 0 amide bonds. The van der Waals surface area contributed by atoms with Crippen LogP contribution in [0.25, 0.3) is 0 Å². The van der Waals surface area contributed by atoms with Crippen molar-refractivity contribution in [1.29, 1.82) is 0 Å².